The number of hydrogen-bond donors (Lipinski definition) is 2. The van der Waals surface area contributed by atoms with Crippen LogP contribution in [-0.4, -0.2) is 42.1 Å². The Morgan fingerprint density at radius 3 is 2.93 bits per heavy atom. The molecule has 0 saturated carbocycles. The highest BCUT2D eigenvalue weighted by Crippen LogP contribution is 2.34. The van der Waals surface area contributed by atoms with Crippen LogP contribution in [0.3, 0.4) is 0 Å². The molecule has 2 N–H and O–H groups in total. The Morgan fingerprint density at radius 1 is 1.17 bits per heavy atom. The van der Waals surface area contributed by atoms with E-state index in [0.29, 0.717) is 11.4 Å². The van der Waals surface area contributed by atoms with Gasteiger partial charge in [-0.15, -0.1) is 11.3 Å². The fourth-order valence-corrected chi connectivity index (χ4v) is 4.46. The second-order valence-corrected chi connectivity index (χ2v) is 7.67. The van der Waals surface area contributed by atoms with E-state index < -0.39 is 0 Å². The van der Waals surface area contributed by atoms with Gasteiger partial charge in [0.2, 0.25) is 0 Å². The van der Waals surface area contributed by atoms with Gasteiger partial charge in [0.25, 0.3) is 5.89 Å². The summed E-state index contributed by atoms with van der Waals surface area (Å²) in [6, 6.07) is 10.0. The minimum Gasteiger partial charge on any atom is -0.432 e. The van der Waals surface area contributed by atoms with E-state index in [1.807, 2.05) is 29.6 Å². The predicted octanol–water partition coefficient (Wildman–Crippen LogP) is 3.61. The Balaban J connectivity index is 1.39. The number of hydrogen-bond acceptors (Lipinski definition) is 7. The Labute approximate surface area is 171 Å². The number of amides is 1. The number of anilines is 2. The van der Waals surface area contributed by atoms with Crippen molar-refractivity contribution in [2.75, 3.05) is 36.4 Å². The van der Waals surface area contributed by atoms with Gasteiger partial charge in [0, 0.05) is 53.4 Å². The molecular formula is C21H19N5O2S. The van der Waals surface area contributed by atoms with E-state index >= 15 is 0 Å². The zero-order valence-corrected chi connectivity index (χ0v) is 16.4. The van der Waals surface area contributed by atoms with Gasteiger partial charge < -0.3 is 20.0 Å². The summed E-state index contributed by atoms with van der Waals surface area (Å²) in [6.45, 7) is 3.57. The molecule has 0 aliphatic carbocycles. The third-order valence-electron chi connectivity index (χ3n) is 4.95. The number of carbonyl (C=O) groups excluding carboxylic acids is 1. The van der Waals surface area contributed by atoms with E-state index in [2.05, 4.69) is 31.6 Å². The maximum Gasteiger partial charge on any atom is 0.311 e. The summed E-state index contributed by atoms with van der Waals surface area (Å²) in [5.74, 6) is 0.228. The second kappa shape index (κ2) is 7.65. The number of nitrogens with one attached hydrogen (secondary N) is 2. The van der Waals surface area contributed by atoms with Gasteiger partial charge in [0.15, 0.2) is 5.76 Å². The van der Waals surface area contributed by atoms with E-state index in [4.69, 9.17) is 4.42 Å². The molecule has 1 aliphatic heterocycles. The van der Waals surface area contributed by atoms with Crippen molar-refractivity contribution in [1.82, 2.24) is 15.3 Å². The molecule has 1 amide bonds. The quantitative estimate of drug-likeness (QED) is 0.540. The molecule has 0 unspecified atom stereocenters. The van der Waals surface area contributed by atoms with Crippen LogP contribution in [0.5, 0.6) is 0 Å². The number of benzene rings is 1. The number of thiophene rings is 1. The van der Waals surface area contributed by atoms with E-state index in [0.717, 1.165) is 42.8 Å². The van der Waals surface area contributed by atoms with Crippen LogP contribution in [0.4, 0.5) is 11.4 Å². The molecule has 4 heterocycles. The molecular weight excluding hydrogens is 386 g/mol. The Kier molecular flexibility index (Phi) is 4.71. The van der Waals surface area contributed by atoms with Gasteiger partial charge in [-0.25, -0.2) is 4.98 Å². The average Bonchev–Trinajstić information content (AvgIpc) is 3.42. The average molecular weight is 405 g/mol. The lowest BCUT2D eigenvalue weighted by Gasteiger charge is -2.30. The van der Waals surface area contributed by atoms with Crippen molar-refractivity contribution >= 4 is 38.7 Å². The third-order valence-corrected chi connectivity index (χ3v) is 5.91. The first-order valence-corrected chi connectivity index (χ1v) is 10.3. The first-order chi connectivity index (χ1) is 14.3. The van der Waals surface area contributed by atoms with Crippen molar-refractivity contribution in [3.63, 3.8) is 0 Å². The molecule has 4 aromatic rings. The fourth-order valence-electron chi connectivity index (χ4n) is 3.51. The predicted molar refractivity (Wildman–Crippen MR) is 115 cm³/mol. The summed E-state index contributed by atoms with van der Waals surface area (Å²) in [5, 5.41) is 9.35. The number of pyridine rings is 1. The lowest BCUT2D eigenvalue weighted by Crippen LogP contribution is -2.43. The van der Waals surface area contributed by atoms with Gasteiger partial charge in [-0.1, -0.05) is 18.2 Å². The van der Waals surface area contributed by atoms with Crippen LogP contribution in [0.2, 0.25) is 0 Å². The van der Waals surface area contributed by atoms with Crippen molar-refractivity contribution in [2.24, 2.45) is 0 Å². The van der Waals surface area contributed by atoms with E-state index in [-0.39, 0.29) is 11.8 Å². The summed E-state index contributed by atoms with van der Waals surface area (Å²) in [7, 11) is 0. The zero-order chi connectivity index (χ0) is 19.6. The topological polar surface area (TPSA) is 83.3 Å². The van der Waals surface area contributed by atoms with Gasteiger partial charge >= 0.3 is 5.91 Å². The van der Waals surface area contributed by atoms with E-state index in [9.17, 15) is 4.79 Å². The maximum atomic E-state index is 12.8. The maximum absolute atomic E-state index is 12.8. The van der Waals surface area contributed by atoms with Crippen molar-refractivity contribution in [3.8, 4) is 11.3 Å². The lowest BCUT2D eigenvalue weighted by molar-refractivity contribution is 0.0991. The summed E-state index contributed by atoms with van der Waals surface area (Å²) < 4.78 is 6.96. The van der Waals surface area contributed by atoms with Gasteiger partial charge in [-0.2, -0.15) is 0 Å². The smallest absolute Gasteiger partial charge is 0.311 e. The molecule has 0 bridgehead atoms. The summed E-state index contributed by atoms with van der Waals surface area (Å²) >= 11 is 1.64. The SMILES string of the molecule is O=C(Nc1cnccc1N1CCNCC1)c1ncc(-c2csc3ccccc23)o1. The standard InChI is InChI=1S/C21H19N5O2S/c27-20(25-16-11-23-6-5-17(16)26-9-7-22-8-10-26)21-24-12-18(28-21)15-13-29-19-4-2-1-3-14(15)19/h1-6,11-13,22H,7-10H2,(H,25,27). The number of nitrogens with zero attached hydrogens (tertiary/aromatic N) is 3. The fraction of sp³-hybridized carbons (Fsp3) is 0.190. The second-order valence-electron chi connectivity index (χ2n) is 6.76. The number of oxazole rings is 1. The molecule has 1 aromatic carbocycles. The van der Waals surface area contributed by atoms with E-state index in [1.165, 1.54) is 4.70 Å². The molecule has 1 aliphatic rings. The number of piperazine rings is 1. The molecule has 0 spiro atoms. The summed E-state index contributed by atoms with van der Waals surface area (Å²) in [5.41, 5.74) is 2.55. The van der Waals surface area contributed by atoms with Crippen LogP contribution in [0.15, 0.2) is 58.7 Å². The number of fused-ring (bicyclic) bond motifs is 1. The first kappa shape index (κ1) is 17.8. The molecule has 7 nitrogen and oxygen atoms in total. The molecule has 3 aromatic heterocycles. The van der Waals surface area contributed by atoms with Gasteiger partial charge in [0.05, 0.1) is 23.8 Å². The normalized spacial score (nSPS) is 14.3. The van der Waals surface area contributed by atoms with Gasteiger partial charge in [0.1, 0.15) is 0 Å². The lowest BCUT2D eigenvalue weighted by atomic mass is 10.1. The van der Waals surface area contributed by atoms with Crippen LogP contribution < -0.4 is 15.5 Å². The molecule has 146 valence electrons. The van der Waals surface area contributed by atoms with Crippen molar-refractivity contribution < 1.29 is 9.21 Å². The van der Waals surface area contributed by atoms with Crippen molar-refractivity contribution in [2.45, 2.75) is 0 Å². The monoisotopic (exact) mass is 405 g/mol. The number of aromatic nitrogens is 2. The number of rotatable bonds is 4. The first-order valence-electron chi connectivity index (χ1n) is 9.43. The Bertz CT molecular complexity index is 1160. The van der Waals surface area contributed by atoms with Crippen LogP contribution in [0, 0.1) is 0 Å². The molecule has 1 saturated heterocycles. The molecule has 5 rings (SSSR count). The highest BCUT2D eigenvalue weighted by atomic mass is 32.1. The van der Waals surface area contributed by atoms with Crippen molar-refractivity contribution in [1.29, 1.82) is 0 Å². The summed E-state index contributed by atoms with van der Waals surface area (Å²) in [4.78, 5) is 23.4. The Hall–Kier alpha value is -3.23. The van der Waals surface area contributed by atoms with Crippen molar-refractivity contribution in [3.05, 3.63) is 60.2 Å². The highest BCUT2D eigenvalue weighted by molar-refractivity contribution is 7.17. The van der Waals surface area contributed by atoms with Gasteiger partial charge in [-0.3, -0.25) is 9.78 Å². The van der Waals surface area contributed by atoms with Crippen LogP contribution in [0.1, 0.15) is 10.7 Å². The van der Waals surface area contributed by atoms with Crippen LogP contribution in [0.25, 0.3) is 21.4 Å². The van der Waals surface area contributed by atoms with Gasteiger partial charge in [-0.05, 0) is 12.1 Å². The third kappa shape index (κ3) is 3.48. The number of carbonyl (C=O) groups is 1. The van der Waals surface area contributed by atoms with E-state index in [1.54, 1.807) is 29.9 Å². The highest BCUT2D eigenvalue weighted by Gasteiger charge is 2.20. The Morgan fingerprint density at radius 2 is 2.03 bits per heavy atom. The summed E-state index contributed by atoms with van der Waals surface area (Å²) in [6.07, 6.45) is 4.99. The molecule has 0 atom stereocenters. The largest absolute Gasteiger partial charge is 0.432 e. The molecule has 8 heteroatoms. The van der Waals surface area contributed by atoms with Crippen LogP contribution in [-0.2, 0) is 0 Å². The molecule has 1 fully saturated rings. The zero-order valence-electron chi connectivity index (χ0n) is 15.6. The minimum absolute atomic E-state index is 0.0328. The molecule has 0 radical (unpaired) electrons. The molecule has 29 heavy (non-hydrogen) atoms. The minimum atomic E-state index is -0.389. The van der Waals surface area contributed by atoms with Crippen LogP contribution >= 0.6 is 11.3 Å².